The van der Waals surface area contributed by atoms with Gasteiger partial charge in [0.15, 0.2) is 0 Å². The van der Waals surface area contributed by atoms with Gasteiger partial charge in [-0.15, -0.1) is 11.6 Å². The Bertz CT molecular complexity index is 554. The van der Waals surface area contributed by atoms with Crippen LogP contribution in [0.3, 0.4) is 0 Å². The van der Waals surface area contributed by atoms with Crippen molar-refractivity contribution < 1.29 is 0 Å². The fourth-order valence-electron chi connectivity index (χ4n) is 2.28. The van der Waals surface area contributed by atoms with Crippen molar-refractivity contribution in [2.45, 2.75) is 37.6 Å². The van der Waals surface area contributed by atoms with Gasteiger partial charge in [0.05, 0.1) is 11.2 Å². The summed E-state index contributed by atoms with van der Waals surface area (Å²) in [4.78, 5) is 3.52. The van der Waals surface area contributed by atoms with Crippen LogP contribution in [0, 0.1) is 0 Å². The molecule has 0 bridgehead atoms. The lowest BCUT2D eigenvalue weighted by atomic mass is 9.92. The fraction of sp³-hybridized carbons (Fsp3) is 0.400. The van der Waals surface area contributed by atoms with Crippen LogP contribution in [0.1, 0.15) is 31.7 Å². The maximum atomic E-state index is 6.92. The zero-order valence-corrected chi connectivity index (χ0v) is 13.6. The minimum Gasteiger partial charge on any atom is -0.335 e. The Labute approximate surface area is 134 Å². The minimum absolute atomic E-state index is 0.543. The van der Waals surface area contributed by atoms with Crippen LogP contribution in [0.4, 0.5) is 0 Å². The number of alkyl halides is 1. The maximum Gasteiger partial charge on any atom is 0.0946 e. The summed E-state index contributed by atoms with van der Waals surface area (Å²) in [6.45, 7) is 2.79. The van der Waals surface area contributed by atoms with E-state index in [0.29, 0.717) is 16.6 Å². The Kier molecular flexibility index (Phi) is 5.36. The minimum atomic E-state index is -0.543. The number of rotatable bonds is 6. The van der Waals surface area contributed by atoms with E-state index in [1.807, 2.05) is 22.9 Å². The summed E-state index contributed by atoms with van der Waals surface area (Å²) in [5.41, 5.74) is 0.924. The van der Waals surface area contributed by atoms with E-state index in [2.05, 4.69) is 11.9 Å². The van der Waals surface area contributed by atoms with E-state index in [1.54, 1.807) is 18.6 Å². The molecule has 0 aliphatic heterocycles. The van der Waals surface area contributed by atoms with E-state index in [1.165, 1.54) is 0 Å². The quantitative estimate of drug-likeness (QED) is 0.638. The molecule has 0 aliphatic carbocycles. The molecule has 2 nitrogen and oxygen atoms in total. The topological polar surface area (TPSA) is 17.8 Å². The predicted molar refractivity (Wildman–Crippen MR) is 85.7 cm³/mol. The lowest BCUT2D eigenvalue weighted by Crippen LogP contribution is -2.25. The highest BCUT2D eigenvalue weighted by molar-refractivity contribution is 6.36. The number of hydrogen-bond acceptors (Lipinski definition) is 1. The molecule has 1 aromatic carbocycles. The molecule has 0 saturated carbocycles. The summed E-state index contributed by atoms with van der Waals surface area (Å²) in [5.74, 6) is 0. The van der Waals surface area contributed by atoms with Crippen molar-refractivity contribution >= 4 is 34.8 Å². The smallest absolute Gasteiger partial charge is 0.0946 e. The second kappa shape index (κ2) is 6.84. The first-order chi connectivity index (χ1) is 9.55. The lowest BCUT2D eigenvalue weighted by Gasteiger charge is -2.29. The number of aromatic nitrogens is 2. The summed E-state index contributed by atoms with van der Waals surface area (Å²) in [6, 6.07) is 5.50. The molecule has 0 amide bonds. The molecule has 0 N–H and O–H groups in total. The Morgan fingerprint density at radius 2 is 2.10 bits per heavy atom. The molecule has 108 valence electrons. The van der Waals surface area contributed by atoms with Gasteiger partial charge in [-0.3, -0.25) is 0 Å². The number of nitrogens with zero attached hydrogens (tertiary/aromatic N) is 2. The standard InChI is InChI=1S/C15H17Cl3N2/c1-2-3-6-15(18,10-20-8-7-19-11-20)13-5-4-12(16)9-14(13)17/h4-5,7-9,11H,2-3,6,10H2,1H3. The van der Waals surface area contributed by atoms with Crippen molar-refractivity contribution in [1.29, 1.82) is 0 Å². The largest absolute Gasteiger partial charge is 0.335 e. The van der Waals surface area contributed by atoms with Gasteiger partial charge in [0.25, 0.3) is 0 Å². The van der Waals surface area contributed by atoms with Gasteiger partial charge in [0.1, 0.15) is 0 Å². The average Bonchev–Trinajstić information content (AvgIpc) is 2.88. The van der Waals surface area contributed by atoms with Crippen LogP contribution in [0.2, 0.25) is 10.0 Å². The Hall–Kier alpha value is -0.700. The molecule has 1 unspecified atom stereocenters. The molecule has 1 aromatic heterocycles. The molecule has 0 radical (unpaired) electrons. The van der Waals surface area contributed by atoms with Gasteiger partial charge in [-0.1, -0.05) is 49.0 Å². The molecule has 2 rings (SSSR count). The summed E-state index contributed by atoms with van der Waals surface area (Å²) < 4.78 is 1.98. The summed E-state index contributed by atoms with van der Waals surface area (Å²) in [7, 11) is 0. The van der Waals surface area contributed by atoms with Crippen LogP contribution >= 0.6 is 34.8 Å². The van der Waals surface area contributed by atoms with Gasteiger partial charge in [-0.2, -0.15) is 0 Å². The number of benzene rings is 1. The summed E-state index contributed by atoms with van der Waals surface area (Å²) in [6.07, 6.45) is 8.41. The fourth-order valence-corrected chi connectivity index (χ4v) is 3.35. The molecule has 1 heterocycles. The Morgan fingerprint density at radius 3 is 2.70 bits per heavy atom. The highest BCUT2D eigenvalue weighted by Gasteiger charge is 2.31. The molecule has 0 spiro atoms. The second-order valence-corrected chi connectivity index (χ2v) is 6.50. The number of halogens is 3. The molecule has 20 heavy (non-hydrogen) atoms. The second-order valence-electron chi connectivity index (χ2n) is 4.93. The normalized spacial score (nSPS) is 14.2. The van der Waals surface area contributed by atoms with Crippen LogP contribution in [-0.4, -0.2) is 9.55 Å². The van der Waals surface area contributed by atoms with E-state index in [9.17, 15) is 0 Å². The van der Waals surface area contributed by atoms with Crippen LogP contribution in [-0.2, 0) is 11.4 Å². The van der Waals surface area contributed by atoms with Crippen molar-refractivity contribution in [3.63, 3.8) is 0 Å². The van der Waals surface area contributed by atoms with Gasteiger partial charge >= 0.3 is 0 Å². The van der Waals surface area contributed by atoms with Crippen molar-refractivity contribution in [1.82, 2.24) is 9.55 Å². The van der Waals surface area contributed by atoms with Crippen molar-refractivity contribution in [3.05, 3.63) is 52.5 Å². The monoisotopic (exact) mass is 330 g/mol. The van der Waals surface area contributed by atoms with E-state index >= 15 is 0 Å². The first kappa shape index (κ1) is 15.7. The first-order valence-electron chi connectivity index (χ1n) is 6.65. The third kappa shape index (κ3) is 3.69. The van der Waals surface area contributed by atoms with Gasteiger partial charge in [0.2, 0.25) is 0 Å². The Balaban J connectivity index is 2.34. The van der Waals surface area contributed by atoms with Gasteiger partial charge in [-0.25, -0.2) is 4.98 Å². The highest BCUT2D eigenvalue weighted by Crippen LogP contribution is 2.40. The molecule has 5 heteroatoms. The van der Waals surface area contributed by atoms with Crippen LogP contribution < -0.4 is 0 Å². The van der Waals surface area contributed by atoms with Crippen LogP contribution in [0.5, 0.6) is 0 Å². The van der Waals surface area contributed by atoms with Crippen molar-refractivity contribution in [2.75, 3.05) is 0 Å². The summed E-state index contributed by atoms with van der Waals surface area (Å²) >= 11 is 19.2. The zero-order valence-electron chi connectivity index (χ0n) is 11.3. The predicted octanol–water partition coefficient (Wildman–Crippen LogP) is 5.51. The van der Waals surface area contributed by atoms with Crippen molar-refractivity contribution in [3.8, 4) is 0 Å². The molecule has 0 saturated heterocycles. The van der Waals surface area contributed by atoms with Crippen LogP contribution in [0.15, 0.2) is 36.9 Å². The van der Waals surface area contributed by atoms with Gasteiger partial charge in [-0.05, 0) is 24.1 Å². The zero-order chi connectivity index (χ0) is 14.6. The molecule has 2 aromatic rings. The first-order valence-corrected chi connectivity index (χ1v) is 7.79. The number of hydrogen-bond donors (Lipinski definition) is 0. The summed E-state index contributed by atoms with van der Waals surface area (Å²) in [5, 5.41) is 1.24. The van der Waals surface area contributed by atoms with E-state index < -0.39 is 4.87 Å². The molecule has 0 aliphatic rings. The SMILES string of the molecule is CCCCC(Cl)(Cn1ccnc1)c1ccc(Cl)cc1Cl. The number of imidazole rings is 1. The molecular weight excluding hydrogens is 315 g/mol. The highest BCUT2D eigenvalue weighted by atomic mass is 35.5. The number of unbranched alkanes of at least 4 members (excludes halogenated alkanes) is 1. The van der Waals surface area contributed by atoms with E-state index in [4.69, 9.17) is 34.8 Å². The molecular formula is C15H17Cl3N2. The average molecular weight is 332 g/mol. The third-order valence-corrected chi connectivity index (χ3v) is 4.39. The third-order valence-electron chi connectivity index (χ3n) is 3.33. The van der Waals surface area contributed by atoms with Gasteiger partial charge in [0, 0.05) is 29.0 Å². The maximum absolute atomic E-state index is 6.92. The molecule has 0 fully saturated rings. The Morgan fingerprint density at radius 1 is 1.30 bits per heavy atom. The van der Waals surface area contributed by atoms with Crippen LogP contribution in [0.25, 0.3) is 0 Å². The lowest BCUT2D eigenvalue weighted by molar-refractivity contribution is 0.451. The molecule has 1 atom stereocenters. The van der Waals surface area contributed by atoms with E-state index in [0.717, 1.165) is 24.8 Å². The van der Waals surface area contributed by atoms with Crippen molar-refractivity contribution in [2.24, 2.45) is 0 Å². The van der Waals surface area contributed by atoms with E-state index in [-0.39, 0.29) is 0 Å². The van der Waals surface area contributed by atoms with Gasteiger partial charge < -0.3 is 4.57 Å².